The molecule has 7 heteroatoms. The van der Waals surface area contributed by atoms with Crippen LogP contribution in [0.25, 0.3) is 0 Å². The first-order chi connectivity index (χ1) is 20.3. The molecular formula is C35H56O6Si. The van der Waals surface area contributed by atoms with E-state index < -0.39 is 14.6 Å². The van der Waals surface area contributed by atoms with Gasteiger partial charge in [-0.25, -0.2) is 0 Å². The van der Waals surface area contributed by atoms with Gasteiger partial charge in [0.1, 0.15) is 24.4 Å². The summed E-state index contributed by atoms with van der Waals surface area (Å²) in [6.45, 7) is 15.7. The number of unbranched alkanes of at least 4 members (excludes halogenated alkanes) is 3. The van der Waals surface area contributed by atoms with Gasteiger partial charge in [-0.15, -0.1) is 0 Å². The van der Waals surface area contributed by atoms with Gasteiger partial charge in [-0.05, 0) is 34.7 Å². The van der Waals surface area contributed by atoms with Crippen molar-refractivity contribution in [1.29, 1.82) is 0 Å². The molecule has 1 aliphatic rings. The van der Waals surface area contributed by atoms with E-state index in [1.165, 1.54) is 10.4 Å². The molecule has 1 saturated heterocycles. The van der Waals surface area contributed by atoms with Gasteiger partial charge < -0.3 is 28.1 Å². The average molecular weight is 601 g/mol. The molecule has 0 spiro atoms. The number of ether oxygens (including phenoxy) is 5. The molecule has 3 rings (SSSR count). The van der Waals surface area contributed by atoms with E-state index in [9.17, 15) is 0 Å². The average Bonchev–Trinajstić information content (AvgIpc) is 2.99. The van der Waals surface area contributed by atoms with Crippen molar-refractivity contribution in [3.8, 4) is 0 Å². The largest absolute Gasteiger partial charge is 0.405 e. The van der Waals surface area contributed by atoms with E-state index in [0.717, 1.165) is 38.5 Å². The van der Waals surface area contributed by atoms with Gasteiger partial charge in [0, 0.05) is 26.9 Å². The maximum atomic E-state index is 7.32. The van der Waals surface area contributed by atoms with Gasteiger partial charge >= 0.3 is 0 Å². The third-order valence-electron chi connectivity index (χ3n) is 8.13. The highest BCUT2D eigenvalue weighted by atomic mass is 28.4. The van der Waals surface area contributed by atoms with Gasteiger partial charge in [0.05, 0.1) is 6.61 Å². The Morgan fingerprint density at radius 1 is 0.667 bits per heavy atom. The predicted octanol–water partition coefficient (Wildman–Crippen LogP) is 6.49. The maximum absolute atomic E-state index is 7.32. The molecule has 42 heavy (non-hydrogen) atoms. The Labute approximate surface area is 256 Å². The van der Waals surface area contributed by atoms with Gasteiger partial charge in [-0.3, -0.25) is 0 Å². The highest BCUT2D eigenvalue weighted by molar-refractivity contribution is 6.99. The Kier molecular flexibility index (Phi) is 14.7. The fourth-order valence-electron chi connectivity index (χ4n) is 5.83. The number of methoxy groups -OCH3 is 1. The highest BCUT2D eigenvalue weighted by Gasteiger charge is 2.53. The van der Waals surface area contributed by atoms with Crippen LogP contribution in [-0.2, 0) is 28.1 Å². The molecule has 0 saturated carbocycles. The molecule has 6 nitrogen and oxygen atoms in total. The van der Waals surface area contributed by atoms with Gasteiger partial charge in [0.25, 0.3) is 8.32 Å². The van der Waals surface area contributed by atoms with E-state index >= 15 is 0 Å². The van der Waals surface area contributed by atoms with E-state index in [0.29, 0.717) is 26.4 Å². The Balaban J connectivity index is 2.01. The number of rotatable bonds is 18. The van der Waals surface area contributed by atoms with E-state index in [2.05, 4.69) is 102 Å². The zero-order chi connectivity index (χ0) is 30.4. The predicted molar refractivity (Wildman–Crippen MR) is 173 cm³/mol. The van der Waals surface area contributed by atoms with Crippen LogP contribution in [-0.4, -0.2) is 72.6 Å². The Morgan fingerprint density at radius 3 is 1.55 bits per heavy atom. The molecule has 0 aliphatic carbocycles. The molecule has 0 bridgehead atoms. The van der Waals surface area contributed by atoms with Crippen LogP contribution in [0.1, 0.15) is 80.1 Å². The molecule has 0 amide bonds. The Hall–Kier alpha value is -1.58. The third kappa shape index (κ3) is 8.75. The summed E-state index contributed by atoms with van der Waals surface area (Å²) < 4.78 is 39.5. The van der Waals surface area contributed by atoms with Gasteiger partial charge in [-0.2, -0.15) is 0 Å². The van der Waals surface area contributed by atoms with Crippen molar-refractivity contribution >= 4 is 18.7 Å². The molecule has 1 aliphatic heterocycles. The monoisotopic (exact) mass is 600 g/mol. The van der Waals surface area contributed by atoms with Crippen LogP contribution in [0.2, 0.25) is 5.04 Å². The topological polar surface area (TPSA) is 55.4 Å². The first kappa shape index (κ1) is 34.9. The fourth-order valence-corrected chi connectivity index (χ4v) is 10.4. The van der Waals surface area contributed by atoms with E-state index in [1.54, 1.807) is 7.11 Å². The van der Waals surface area contributed by atoms with Crippen molar-refractivity contribution in [1.82, 2.24) is 0 Å². The first-order valence-corrected chi connectivity index (χ1v) is 18.0. The molecule has 5 atom stereocenters. The van der Waals surface area contributed by atoms with E-state index in [1.807, 2.05) is 0 Å². The van der Waals surface area contributed by atoms with Gasteiger partial charge in [0.15, 0.2) is 6.29 Å². The Morgan fingerprint density at radius 2 is 1.12 bits per heavy atom. The van der Waals surface area contributed by atoms with E-state index in [4.69, 9.17) is 28.1 Å². The van der Waals surface area contributed by atoms with Crippen molar-refractivity contribution in [3.05, 3.63) is 60.7 Å². The summed E-state index contributed by atoms with van der Waals surface area (Å²) in [5.41, 5.74) is 0. The van der Waals surface area contributed by atoms with Crippen LogP contribution in [0.15, 0.2) is 60.7 Å². The molecule has 2 aromatic carbocycles. The molecule has 236 valence electrons. The minimum atomic E-state index is -2.78. The fraction of sp³-hybridized carbons (Fsp3) is 0.657. The summed E-state index contributed by atoms with van der Waals surface area (Å²) in [5, 5.41) is 2.33. The second-order valence-electron chi connectivity index (χ2n) is 12.3. The summed E-state index contributed by atoms with van der Waals surface area (Å²) in [6.07, 6.45) is 4.06. The lowest BCUT2D eigenvalue weighted by Gasteiger charge is -2.48. The zero-order valence-electron chi connectivity index (χ0n) is 27.2. The lowest BCUT2D eigenvalue weighted by molar-refractivity contribution is -0.316. The summed E-state index contributed by atoms with van der Waals surface area (Å²) in [4.78, 5) is 0. The summed E-state index contributed by atoms with van der Waals surface area (Å²) in [6, 6.07) is 21.4. The Bertz CT molecular complexity index is 942. The van der Waals surface area contributed by atoms with Crippen LogP contribution in [0, 0.1) is 0 Å². The first-order valence-electron chi connectivity index (χ1n) is 16.1. The SMILES string of the molecule is CCCCO[C@@H]1[C@@H](OCCCC)[C@@H](OC)OC(CO[Si](c2ccccc2)(c2ccccc2)C(C)(C)C)[C@@H]1OCCCC. The molecule has 1 fully saturated rings. The van der Waals surface area contributed by atoms with Crippen LogP contribution in [0.4, 0.5) is 0 Å². The number of benzene rings is 2. The quantitative estimate of drug-likeness (QED) is 0.144. The van der Waals surface area contributed by atoms with Gasteiger partial charge in [-0.1, -0.05) is 121 Å². The van der Waals surface area contributed by atoms with Crippen molar-refractivity contribution in [2.24, 2.45) is 0 Å². The summed E-state index contributed by atoms with van der Waals surface area (Å²) in [5.74, 6) is 0. The van der Waals surface area contributed by atoms with Crippen LogP contribution < -0.4 is 10.4 Å². The van der Waals surface area contributed by atoms with Gasteiger partial charge in [0.2, 0.25) is 0 Å². The van der Waals surface area contributed by atoms with E-state index in [-0.39, 0.29) is 29.5 Å². The molecule has 2 aromatic rings. The number of hydrogen-bond acceptors (Lipinski definition) is 6. The standard InChI is InChI=1S/C35H56O6Si/c1-8-11-24-37-31-30(41-34(36-7)33(39-26-13-10-3)32(31)38-25-12-9-2)27-40-42(35(4,5)6,28-20-16-14-17-21-28)29-22-18-15-19-23-29/h14-23,30-34H,8-13,24-27H2,1-7H3/t30?,31-,32-,33+,34-/m0/s1. The number of hydrogen-bond donors (Lipinski definition) is 0. The van der Waals surface area contributed by atoms with Crippen molar-refractivity contribution in [2.75, 3.05) is 33.5 Å². The molecule has 1 heterocycles. The smallest absolute Gasteiger partial charge is 0.261 e. The second-order valence-corrected chi connectivity index (χ2v) is 16.6. The molecule has 0 N–H and O–H groups in total. The molecule has 1 unspecified atom stereocenters. The molecule has 0 radical (unpaired) electrons. The zero-order valence-corrected chi connectivity index (χ0v) is 28.2. The van der Waals surface area contributed by atoms with Crippen molar-refractivity contribution < 1.29 is 28.1 Å². The lowest BCUT2D eigenvalue weighted by Crippen LogP contribution is -2.68. The molecular weight excluding hydrogens is 544 g/mol. The van der Waals surface area contributed by atoms with Crippen molar-refractivity contribution in [3.63, 3.8) is 0 Å². The second kappa shape index (κ2) is 17.6. The molecule has 0 aromatic heterocycles. The van der Waals surface area contributed by atoms with Crippen molar-refractivity contribution in [2.45, 2.75) is 116 Å². The minimum Gasteiger partial charge on any atom is -0.405 e. The van der Waals surface area contributed by atoms with Crippen LogP contribution in [0.5, 0.6) is 0 Å². The minimum absolute atomic E-state index is 0.146. The maximum Gasteiger partial charge on any atom is 0.261 e. The van der Waals surface area contributed by atoms with Crippen LogP contribution in [0.3, 0.4) is 0 Å². The van der Waals surface area contributed by atoms with Crippen LogP contribution >= 0.6 is 0 Å². The highest BCUT2D eigenvalue weighted by Crippen LogP contribution is 2.38. The third-order valence-corrected chi connectivity index (χ3v) is 13.1. The normalized spacial score (nSPS) is 23.3. The summed E-state index contributed by atoms with van der Waals surface area (Å²) >= 11 is 0. The summed E-state index contributed by atoms with van der Waals surface area (Å²) in [7, 11) is -1.09. The lowest BCUT2D eigenvalue weighted by atomic mass is 9.98.